The monoisotopic (exact) mass is 355 g/mol. The van der Waals surface area contributed by atoms with Crippen LogP contribution in [0.25, 0.3) is 22.9 Å². The van der Waals surface area contributed by atoms with Crippen molar-refractivity contribution in [3.05, 3.63) is 42.4 Å². The van der Waals surface area contributed by atoms with Crippen LogP contribution in [0.5, 0.6) is 0 Å². The van der Waals surface area contributed by atoms with E-state index in [1.165, 1.54) is 13.5 Å². The number of esters is 1. The van der Waals surface area contributed by atoms with Crippen LogP contribution in [-0.4, -0.2) is 49.4 Å². The highest BCUT2D eigenvalue weighted by molar-refractivity contribution is 5.94. The summed E-state index contributed by atoms with van der Waals surface area (Å²) in [6, 6.07) is 9.53. The highest BCUT2D eigenvalue weighted by Crippen LogP contribution is 2.37. The van der Waals surface area contributed by atoms with Crippen molar-refractivity contribution in [1.82, 2.24) is 9.97 Å². The number of methoxy groups -OCH3 is 1. The average molecular weight is 355 g/mol. The van der Waals surface area contributed by atoms with Crippen LogP contribution in [0, 0.1) is 0 Å². The van der Waals surface area contributed by atoms with E-state index in [2.05, 4.69) is 9.97 Å². The first-order valence-electron chi connectivity index (χ1n) is 8.19. The van der Waals surface area contributed by atoms with E-state index >= 15 is 0 Å². The van der Waals surface area contributed by atoms with E-state index in [1.54, 1.807) is 0 Å². The van der Waals surface area contributed by atoms with Gasteiger partial charge in [0.15, 0.2) is 23.5 Å². The minimum absolute atomic E-state index is 0.0647. The quantitative estimate of drug-likeness (QED) is 0.660. The van der Waals surface area contributed by atoms with Crippen molar-refractivity contribution in [3.8, 4) is 22.9 Å². The second kappa shape index (κ2) is 7.01. The van der Waals surface area contributed by atoms with Gasteiger partial charge in [-0.15, -0.1) is 0 Å². The van der Waals surface area contributed by atoms with Gasteiger partial charge in [0.2, 0.25) is 11.8 Å². The van der Waals surface area contributed by atoms with Crippen molar-refractivity contribution in [1.29, 1.82) is 0 Å². The molecule has 0 unspecified atom stereocenters. The van der Waals surface area contributed by atoms with Crippen LogP contribution in [0.2, 0.25) is 0 Å². The van der Waals surface area contributed by atoms with Gasteiger partial charge in [0.05, 0.1) is 20.3 Å². The molecule has 4 rings (SSSR count). The maximum absolute atomic E-state index is 12.0. The molecular formula is C18H17N3O5. The van der Waals surface area contributed by atoms with Gasteiger partial charge in [-0.3, -0.25) is 0 Å². The van der Waals surface area contributed by atoms with Gasteiger partial charge in [-0.25, -0.2) is 14.8 Å². The lowest BCUT2D eigenvalue weighted by Crippen LogP contribution is -2.36. The first-order valence-corrected chi connectivity index (χ1v) is 8.19. The largest absolute Gasteiger partial charge is 0.464 e. The van der Waals surface area contributed by atoms with Crippen LogP contribution in [0.4, 0.5) is 5.88 Å². The zero-order chi connectivity index (χ0) is 17.9. The van der Waals surface area contributed by atoms with Crippen LogP contribution in [0.1, 0.15) is 10.5 Å². The minimum Gasteiger partial charge on any atom is -0.464 e. The first kappa shape index (κ1) is 16.3. The fourth-order valence-electron chi connectivity index (χ4n) is 2.80. The average Bonchev–Trinajstić information content (AvgIpc) is 3.35. The molecule has 8 nitrogen and oxygen atoms in total. The zero-order valence-electron chi connectivity index (χ0n) is 14.2. The number of anilines is 1. The molecule has 26 heavy (non-hydrogen) atoms. The second-order valence-electron chi connectivity index (χ2n) is 5.66. The number of nitrogens with zero attached hydrogens (tertiary/aromatic N) is 3. The van der Waals surface area contributed by atoms with Crippen molar-refractivity contribution >= 4 is 11.9 Å². The normalized spacial score (nSPS) is 14.4. The highest BCUT2D eigenvalue weighted by Gasteiger charge is 2.29. The molecule has 3 aromatic rings. The SMILES string of the molecule is COC(=O)c1ncoc1-c1nc(-c2ccccc2)oc1N1CCOCC1. The third-order valence-corrected chi connectivity index (χ3v) is 4.09. The van der Waals surface area contributed by atoms with E-state index in [4.69, 9.17) is 18.3 Å². The Morgan fingerprint density at radius 2 is 1.96 bits per heavy atom. The lowest BCUT2D eigenvalue weighted by atomic mass is 10.2. The summed E-state index contributed by atoms with van der Waals surface area (Å²) >= 11 is 0. The van der Waals surface area contributed by atoms with Crippen LogP contribution in [0.15, 0.2) is 45.6 Å². The molecule has 0 amide bonds. The molecule has 0 spiro atoms. The Hall–Kier alpha value is -3.13. The molecule has 0 atom stereocenters. The number of ether oxygens (including phenoxy) is 2. The summed E-state index contributed by atoms with van der Waals surface area (Å²) in [5.74, 6) is 0.596. The molecule has 134 valence electrons. The van der Waals surface area contributed by atoms with Gasteiger partial charge in [-0.1, -0.05) is 18.2 Å². The molecule has 0 radical (unpaired) electrons. The standard InChI is InChI=1S/C18H17N3O5/c1-23-18(22)14-15(25-11-19-14)13-17(21-7-9-24-10-8-21)26-16(20-13)12-5-3-2-4-6-12/h2-6,11H,7-10H2,1H3. The Labute approximate surface area is 149 Å². The number of aromatic nitrogens is 2. The molecule has 1 aromatic carbocycles. The summed E-state index contributed by atoms with van der Waals surface area (Å²) in [7, 11) is 1.29. The Balaban J connectivity index is 1.83. The molecule has 1 aliphatic heterocycles. The number of hydrogen-bond acceptors (Lipinski definition) is 8. The van der Waals surface area contributed by atoms with Crippen molar-refractivity contribution < 1.29 is 23.1 Å². The summed E-state index contributed by atoms with van der Waals surface area (Å²) < 4.78 is 21.7. The Morgan fingerprint density at radius 3 is 2.69 bits per heavy atom. The van der Waals surface area contributed by atoms with Gasteiger partial charge >= 0.3 is 5.97 Å². The van der Waals surface area contributed by atoms with E-state index in [0.29, 0.717) is 43.8 Å². The molecule has 8 heteroatoms. The number of oxazole rings is 2. The van der Waals surface area contributed by atoms with Crippen LogP contribution < -0.4 is 4.90 Å². The zero-order valence-corrected chi connectivity index (χ0v) is 14.2. The third-order valence-electron chi connectivity index (χ3n) is 4.09. The molecule has 0 N–H and O–H groups in total. The van der Waals surface area contributed by atoms with Gasteiger partial charge in [-0.05, 0) is 12.1 Å². The first-order chi connectivity index (χ1) is 12.8. The van der Waals surface area contributed by atoms with E-state index in [0.717, 1.165) is 5.56 Å². The van der Waals surface area contributed by atoms with Gasteiger partial charge in [0.1, 0.15) is 0 Å². The Morgan fingerprint density at radius 1 is 1.19 bits per heavy atom. The summed E-state index contributed by atoms with van der Waals surface area (Å²) in [4.78, 5) is 22.6. The second-order valence-corrected chi connectivity index (χ2v) is 5.66. The van der Waals surface area contributed by atoms with E-state index < -0.39 is 5.97 Å². The van der Waals surface area contributed by atoms with Crippen molar-refractivity contribution in [2.45, 2.75) is 0 Å². The smallest absolute Gasteiger partial charge is 0.360 e. The third kappa shape index (κ3) is 2.95. The number of rotatable bonds is 4. The van der Waals surface area contributed by atoms with E-state index in [1.807, 2.05) is 35.2 Å². The fourth-order valence-corrected chi connectivity index (χ4v) is 2.80. The van der Waals surface area contributed by atoms with Gasteiger partial charge in [-0.2, -0.15) is 0 Å². The maximum atomic E-state index is 12.0. The Kier molecular flexibility index (Phi) is 4.40. The van der Waals surface area contributed by atoms with Crippen LogP contribution in [0.3, 0.4) is 0 Å². The van der Waals surface area contributed by atoms with Crippen molar-refractivity contribution in [3.63, 3.8) is 0 Å². The topological polar surface area (TPSA) is 90.8 Å². The lowest BCUT2D eigenvalue weighted by molar-refractivity contribution is 0.0595. The number of benzene rings is 1. The molecule has 3 heterocycles. The Bertz CT molecular complexity index is 897. The fraction of sp³-hybridized carbons (Fsp3) is 0.278. The molecule has 0 aliphatic carbocycles. The summed E-state index contributed by atoms with van der Waals surface area (Å²) in [6.07, 6.45) is 1.20. The summed E-state index contributed by atoms with van der Waals surface area (Å²) in [5.41, 5.74) is 1.31. The molecule has 2 aromatic heterocycles. The van der Waals surface area contributed by atoms with E-state index in [-0.39, 0.29) is 11.5 Å². The minimum atomic E-state index is -0.592. The molecule has 1 aliphatic rings. The van der Waals surface area contributed by atoms with Crippen LogP contribution >= 0.6 is 0 Å². The van der Waals surface area contributed by atoms with Crippen molar-refractivity contribution in [2.75, 3.05) is 38.3 Å². The predicted molar refractivity (Wildman–Crippen MR) is 91.8 cm³/mol. The predicted octanol–water partition coefficient (Wildman–Crippen LogP) is 2.62. The number of carbonyl (C=O) groups excluding carboxylic acids is 1. The van der Waals surface area contributed by atoms with Crippen molar-refractivity contribution in [2.24, 2.45) is 0 Å². The molecule has 1 saturated heterocycles. The number of morpholine rings is 1. The van der Waals surface area contributed by atoms with Gasteiger partial charge in [0.25, 0.3) is 0 Å². The lowest BCUT2D eigenvalue weighted by Gasteiger charge is -2.26. The summed E-state index contributed by atoms with van der Waals surface area (Å²) in [5, 5.41) is 0. The maximum Gasteiger partial charge on any atom is 0.360 e. The van der Waals surface area contributed by atoms with Gasteiger partial charge < -0.3 is 23.2 Å². The number of carbonyl (C=O) groups is 1. The molecular weight excluding hydrogens is 338 g/mol. The van der Waals surface area contributed by atoms with Crippen LogP contribution in [-0.2, 0) is 9.47 Å². The summed E-state index contributed by atoms with van der Waals surface area (Å²) in [6.45, 7) is 2.47. The van der Waals surface area contributed by atoms with E-state index in [9.17, 15) is 4.79 Å². The number of hydrogen-bond donors (Lipinski definition) is 0. The van der Waals surface area contributed by atoms with Gasteiger partial charge in [0, 0.05) is 18.7 Å². The molecule has 1 fully saturated rings. The molecule has 0 bridgehead atoms. The molecule has 0 saturated carbocycles. The highest BCUT2D eigenvalue weighted by atomic mass is 16.5.